The number of carbonyl (C=O) groups excluding carboxylic acids is 1. The van der Waals surface area contributed by atoms with Crippen molar-refractivity contribution in [3.8, 4) is 23.0 Å². The maximum Gasteiger partial charge on any atom is 0.231 e. The molecule has 6 nitrogen and oxygen atoms in total. The van der Waals surface area contributed by atoms with E-state index in [2.05, 4.69) is 6.92 Å². The molecule has 0 aliphatic carbocycles. The van der Waals surface area contributed by atoms with Crippen molar-refractivity contribution in [2.24, 2.45) is 5.92 Å². The molecule has 158 valence electrons. The third kappa shape index (κ3) is 3.87. The van der Waals surface area contributed by atoms with E-state index < -0.39 is 0 Å². The van der Waals surface area contributed by atoms with Crippen LogP contribution in [0.15, 0.2) is 36.1 Å². The third-order valence-corrected chi connectivity index (χ3v) is 5.91. The molecule has 1 N–H and O–H groups in total. The molecule has 0 radical (unpaired) electrons. The molecule has 2 aromatic carbocycles. The monoisotopic (exact) mass is 409 g/mol. The number of rotatable bonds is 5. The summed E-state index contributed by atoms with van der Waals surface area (Å²) in [6.45, 7) is 4.89. The molecule has 0 amide bonds. The van der Waals surface area contributed by atoms with Gasteiger partial charge in [0.2, 0.25) is 5.78 Å². The van der Waals surface area contributed by atoms with Gasteiger partial charge in [0.05, 0.1) is 32.9 Å². The highest BCUT2D eigenvalue weighted by Crippen LogP contribution is 2.39. The Bertz CT molecular complexity index is 997. The van der Waals surface area contributed by atoms with Crippen LogP contribution < -0.4 is 24.2 Å². The number of likely N-dealkylation sites (tertiary alicyclic amines) is 1. The van der Waals surface area contributed by atoms with Gasteiger partial charge in [0.15, 0.2) is 5.76 Å². The van der Waals surface area contributed by atoms with Gasteiger partial charge in [0.1, 0.15) is 23.8 Å². The van der Waals surface area contributed by atoms with Crippen molar-refractivity contribution in [1.29, 1.82) is 0 Å². The van der Waals surface area contributed by atoms with Crippen molar-refractivity contribution in [2.75, 3.05) is 27.3 Å². The summed E-state index contributed by atoms with van der Waals surface area (Å²) >= 11 is 0. The van der Waals surface area contributed by atoms with Gasteiger partial charge in [-0.3, -0.25) is 4.79 Å². The zero-order valence-corrected chi connectivity index (χ0v) is 17.6. The molecule has 30 heavy (non-hydrogen) atoms. The largest absolute Gasteiger partial charge is 0.872 e. The van der Waals surface area contributed by atoms with Gasteiger partial charge < -0.3 is 24.2 Å². The van der Waals surface area contributed by atoms with Crippen LogP contribution in [-0.2, 0) is 6.54 Å². The molecule has 2 heterocycles. The van der Waals surface area contributed by atoms with Gasteiger partial charge in [-0.25, -0.2) is 0 Å². The molecule has 2 atom stereocenters. The lowest BCUT2D eigenvalue weighted by Gasteiger charge is -2.29. The molecular weight excluding hydrogens is 382 g/mol. The van der Waals surface area contributed by atoms with E-state index in [1.807, 2.05) is 0 Å². The number of allylic oxidation sites excluding steroid dienone is 1. The van der Waals surface area contributed by atoms with Gasteiger partial charge in [-0.1, -0.05) is 18.7 Å². The van der Waals surface area contributed by atoms with Crippen LogP contribution in [0.1, 0.15) is 41.3 Å². The number of nitrogens with one attached hydrogen (secondary N) is 1. The summed E-state index contributed by atoms with van der Waals surface area (Å²) in [5.41, 5.74) is 1.71. The van der Waals surface area contributed by atoms with Gasteiger partial charge in [-0.2, -0.15) is 0 Å². The minimum Gasteiger partial charge on any atom is -0.872 e. The van der Waals surface area contributed by atoms with Crippen LogP contribution in [-0.4, -0.2) is 33.1 Å². The van der Waals surface area contributed by atoms with E-state index in [1.54, 1.807) is 44.6 Å². The highest BCUT2D eigenvalue weighted by molar-refractivity contribution is 6.15. The van der Waals surface area contributed by atoms with Crippen molar-refractivity contribution < 1.29 is 29.0 Å². The van der Waals surface area contributed by atoms with Gasteiger partial charge in [-0.05, 0) is 43.2 Å². The average molecular weight is 409 g/mol. The number of methoxy groups -OCH3 is 2. The Morgan fingerprint density at radius 1 is 1.23 bits per heavy atom. The van der Waals surface area contributed by atoms with E-state index in [-0.39, 0.29) is 17.3 Å². The van der Waals surface area contributed by atoms with E-state index in [0.717, 1.165) is 19.5 Å². The summed E-state index contributed by atoms with van der Waals surface area (Å²) in [6.07, 6.45) is 4.03. The second kappa shape index (κ2) is 8.40. The molecule has 0 aromatic heterocycles. The van der Waals surface area contributed by atoms with Crippen LogP contribution in [0.2, 0.25) is 0 Å². The standard InChI is InChI=1S/C24H27NO5/c1-15-5-4-10-25(13-15)14-19-20(26)8-7-18-23(27)22(30-24(18)19)12-16-11-17(28-2)6-9-21(16)29-3/h6-9,11-12,15,26H,4-5,10,13-14H2,1-3H3/b22-12-. The fraction of sp³-hybridized carbons (Fsp3) is 0.375. The molecule has 0 saturated carbocycles. The summed E-state index contributed by atoms with van der Waals surface area (Å²) in [6, 6.07) is 8.40. The Hall–Kier alpha value is -2.99. The number of benzene rings is 2. The van der Waals surface area contributed by atoms with Crippen molar-refractivity contribution in [3.63, 3.8) is 0 Å². The van der Waals surface area contributed by atoms with E-state index in [9.17, 15) is 9.90 Å². The SMILES string of the molecule is COc1ccc(OC)c(/C=C2\Oc3c(ccc([O-])c3C[NH+]3CCCC(C)C3)C2=O)c1. The number of ether oxygens (including phenoxy) is 3. The maximum atomic E-state index is 13.0. The number of Topliss-reactive ketones (excluding diaryl/α,β-unsaturated/α-hetero) is 1. The zero-order valence-electron chi connectivity index (χ0n) is 17.6. The summed E-state index contributed by atoms with van der Waals surface area (Å²) < 4.78 is 16.7. The van der Waals surface area contributed by atoms with Gasteiger partial charge >= 0.3 is 0 Å². The molecule has 2 unspecified atom stereocenters. The molecule has 1 saturated heterocycles. The normalized spacial score (nSPS) is 22.0. The minimum absolute atomic E-state index is 0.0764. The van der Waals surface area contributed by atoms with E-state index in [0.29, 0.717) is 46.4 Å². The van der Waals surface area contributed by atoms with Gasteiger partial charge in [-0.15, -0.1) is 0 Å². The minimum atomic E-state index is -0.224. The molecule has 1 fully saturated rings. The molecule has 2 aliphatic heterocycles. The van der Waals surface area contributed by atoms with Crippen LogP contribution >= 0.6 is 0 Å². The fourth-order valence-electron chi connectivity index (χ4n) is 4.36. The first-order valence-corrected chi connectivity index (χ1v) is 10.3. The molecule has 2 aliphatic rings. The van der Waals surface area contributed by atoms with Crippen LogP contribution in [0.5, 0.6) is 23.0 Å². The van der Waals surface area contributed by atoms with Crippen molar-refractivity contribution >= 4 is 11.9 Å². The first-order valence-electron chi connectivity index (χ1n) is 10.3. The number of hydrogen-bond acceptors (Lipinski definition) is 5. The summed E-state index contributed by atoms with van der Waals surface area (Å²) in [7, 11) is 3.15. The Morgan fingerprint density at radius 2 is 2.07 bits per heavy atom. The average Bonchev–Trinajstić information content (AvgIpc) is 3.06. The first-order chi connectivity index (χ1) is 14.5. The Morgan fingerprint density at radius 3 is 2.80 bits per heavy atom. The second-order valence-corrected chi connectivity index (χ2v) is 8.09. The number of piperidine rings is 1. The summed E-state index contributed by atoms with van der Waals surface area (Å²) in [5.74, 6) is 2.18. The Labute approximate surface area is 176 Å². The van der Waals surface area contributed by atoms with E-state index >= 15 is 0 Å². The zero-order chi connectivity index (χ0) is 21.3. The van der Waals surface area contributed by atoms with Crippen molar-refractivity contribution in [1.82, 2.24) is 0 Å². The number of carbonyl (C=O) groups is 1. The van der Waals surface area contributed by atoms with Crippen molar-refractivity contribution in [3.05, 3.63) is 52.8 Å². The Balaban J connectivity index is 1.67. The maximum absolute atomic E-state index is 13.0. The Kier molecular flexibility index (Phi) is 5.68. The molecule has 6 heteroatoms. The molecule has 0 spiro atoms. The second-order valence-electron chi connectivity index (χ2n) is 8.09. The number of quaternary nitrogens is 1. The lowest BCUT2D eigenvalue weighted by atomic mass is 9.99. The van der Waals surface area contributed by atoms with Crippen molar-refractivity contribution in [2.45, 2.75) is 26.3 Å². The quantitative estimate of drug-likeness (QED) is 0.767. The summed E-state index contributed by atoms with van der Waals surface area (Å²) in [5, 5.41) is 12.6. The third-order valence-electron chi connectivity index (χ3n) is 5.91. The highest BCUT2D eigenvalue weighted by atomic mass is 16.5. The van der Waals surface area contributed by atoms with Crippen LogP contribution in [0.4, 0.5) is 0 Å². The number of ketones is 1. The van der Waals surface area contributed by atoms with E-state index in [4.69, 9.17) is 14.2 Å². The highest BCUT2D eigenvalue weighted by Gasteiger charge is 2.32. The van der Waals surface area contributed by atoms with Gasteiger partial charge in [0, 0.05) is 17.0 Å². The van der Waals surface area contributed by atoms with Crippen LogP contribution in [0.25, 0.3) is 6.08 Å². The predicted octanol–water partition coefficient (Wildman–Crippen LogP) is 2.21. The van der Waals surface area contributed by atoms with Gasteiger partial charge in [0.25, 0.3) is 0 Å². The topological polar surface area (TPSA) is 72.3 Å². The lowest BCUT2D eigenvalue weighted by molar-refractivity contribution is -0.922. The molecule has 2 aromatic rings. The predicted molar refractivity (Wildman–Crippen MR) is 111 cm³/mol. The fourth-order valence-corrected chi connectivity index (χ4v) is 4.36. The number of hydrogen-bond donors (Lipinski definition) is 1. The smallest absolute Gasteiger partial charge is 0.231 e. The summed E-state index contributed by atoms with van der Waals surface area (Å²) in [4.78, 5) is 14.4. The van der Waals surface area contributed by atoms with E-state index in [1.165, 1.54) is 17.4 Å². The van der Waals surface area contributed by atoms with Crippen LogP contribution in [0, 0.1) is 5.92 Å². The molecular formula is C24H27NO5. The van der Waals surface area contributed by atoms with Crippen LogP contribution in [0.3, 0.4) is 0 Å². The first kappa shape index (κ1) is 20.3. The molecule has 4 rings (SSSR count). The lowest BCUT2D eigenvalue weighted by Crippen LogP contribution is -3.12. The number of fused-ring (bicyclic) bond motifs is 1. The molecule has 0 bridgehead atoms.